The number of carboxylic acid groups (broad SMARTS) is 1. The number of pyridine rings is 1. The molecule has 0 saturated heterocycles. The number of nitrogens with two attached hydrogens (primary N) is 1. The van der Waals surface area contributed by atoms with Crippen molar-refractivity contribution in [2.24, 2.45) is 5.73 Å². The maximum atomic E-state index is 10.7. The maximum Gasteiger partial charge on any atom is 0.325 e. The number of carboxylic acids is 1. The van der Waals surface area contributed by atoms with Crippen LogP contribution >= 0.6 is 0 Å². The summed E-state index contributed by atoms with van der Waals surface area (Å²) < 4.78 is 5.41. The van der Waals surface area contributed by atoms with E-state index in [-0.39, 0.29) is 6.10 Å². The summed E-state index contributed by atoms with van der Waals surface area (Å²) in [5.41, 5.74) is 5.94. The molecule has 1 aromatic rings. The second-order valence-corrected chi connectivity index (χ2v) is 3.40. The first-order valence-corrected chi connectivity index (χ1v) is 4.61. The molecule has 0 amide bonds. The molecule has 1 heterocycles. The summed E-state index contributed by atoms with van der Waals surface area (Å²) in [7, 11) is 0. The van der Waals surface area contributed by atoms with Gasteiger partial charge < -0.3 is 15.6 Å². The van der Waals surface area contributed by atoms with Crippen LogP contribution < -0.4 is 10.5 Å². The number of carbonyl (C=O) groups is 1. The van der Waals surface area contributed by atoms with Gasteiger partial charge in [-0.3, -0.25) is 9.78 Å². The first-order chi connectivity index (χ1) is 7.02. The van der Waals surface area contributed by atoms with Crippen molar-refractivity contribution in [2.75, 3.05) is 0 Å². The zero-order valence-corrected chi connectivity index (χ0v) is 8.68. The van der Waals surface area contributed by atoms with Crippen LogP contribution in [0.5, 0.6) is 5.75 Å². The molecule has 0 radical (unpaired) electrons. The molecule has 0 fully saturated rings. The van der Waals surface area contributed by atoms with Crippen LogP contribution in [-0.4, -0.2) is 22.2 Å². The number of hydrogen-bond donors (Lipinski definition) is 2. The molecule has 0 aliphatic rings. The van der Waals surface area contributed by atoms with E-state index in [4.69, 9.17) is 15.6 Å². The van der Waals surface area contributed by atoms with Gasteiger partial charge in [0.1, 0.15) is 11.8 Å². The quantitative estimate of drug-likeness (QED) is 0.772. The first kappa shape index (κ1) is 11.5. The average Bonchev–Trinajstić information content (AvgIpc) is 2.16. The van der Waals surface area contributed by atoms with Gasteiger partial charge in [0.2, 0.25) is 0 Å². The SMILES string of the molecule is CC(C)Oc1cnccc1C(N)C(=O)O. The molecule has 0 saturated carbocycles. The Morgan fingerprint density at radius 2 is 2.27 bits per heavy atom. The van der Waals surface area contributed by atoms with Crippen molar-refractivity contribution in [3.05, 3.63) is 24.0 Å². The predicted octanol–water partition coefficient (Wildman–Crippen LogP) is 0.953. The molecule has 1 unspecified atom stereocenters. The molecule has 0 bridgehead atoms. The molecule has 0 aliphatic heterocycles. The Morgan fingerprint density at radius 1 is 1.60 bits per heavy atom. The molecular weight excluding hydrogens is 196 g/mol. The van der Waals surface area contributed by atoms with Gasteiger partial charge in [0, 0.05) is 11.8 Å². The van der Waals surface area contributed by atoms with E-state index in [1.54, 1.807) is 6.07 Å². The van der Waals surface area contributed by atoms with Crippen molar-refractivity contribution >= 4 is 5.97 Å². The van der Waals surface area contributed by atoms with Crippen LogP contribution in [0.25, 0.3) is 0 Å². The Balaban J connectivity index is 3.00. The number of ether oxygens (including phenoxy) is 1. The van der Waals surface area contributed by atoms with E-state index in [1.807, 2.05) is 13.8 Å². The Labute approximate surface area is 87.9 Å². The molecule has 0 aromatic carbocycles. The van der Waals surface area contributed by atoms with Crippen molar-refractivity contribution in [1.82, 2.24) is 4.98 Å². The smallest absolute Gasteiger partial charge is 0.325 e. The number of nitrogens with zero attached hydrogens (tertiary/aromatic N) is 1. The summed E-state index contributed by atoms with van der Waals surface area (Å²) in [6, 6.07) is 0.470. The third-order valence-electron chi connectivity index (χ3n) is 1.78. The highest BCUT2D eigenvalue weighted by atomic mass is 16.5. The van der Waals surface area contributed by atoms with E-state index >= 15 is 0 Å². The summed E-state index contributed by atoms with van der Waals surface area (Å²) in [6.45, 7) is 3.70. The molecule has 1 rings (SSSR count). The number of aromatic nitrogens is 1. The van der Waals surface area contributed by atoms with E-state index in [0.29, 0.717) is 11.3 Å². The fourth-order valence-corrected chi connectivity index (χ4v) is 1.13. The largest absolute Gasteiger partial charge is 0.489 e. The third-order valence-corrected chi connectivity index (χ3v) is 1.78. The minimum atomic E-state index is -1.09. The topological polar surface area (TPSA) is 85.4 Å². The second kappa shape index (κ2) is 4.75. The highest BCUT2D eigenvalue weighted by molar-refractivity contribution is 5.76. The average molecular weight is 210 g/mol. The van der Waals surface area contributed by atoms with E-state index in [1.165, 1.54) is 12.4 Å². The molecular formula is C10H14N2O3. The number of hydrogen-bond acceptors (Lipinski definition) is 4. The molecule has 0 spiro atoms. The van der Waals surface area contributed by atoms with Crippen LogP contribution in [0.15, 0.2) is 18.5 Å². The van der Waals surface area contributed by atoms with Gasteiger partial charge in [0.25, 0.3) is 0 Å². The minimum Gasteiger partial charge on any atom is -0.489 e. The van der Waals surface area contributed by atoms with Crippen LogP contribution in [0, 0.1) is 0 Å². The highest BCUT2D eigenvalue weighted by Crippen LogP contribution is 2.23. The minimum absolute atomic E-state index is 0.0473. The molecule has 15 heavy (non-hydrogen) atoms. The Kier molecular flexibility index (Phi) is 3.62. The standard InChI is InChI=1S/C10H14N2O3/c1-6(2)15-8-5-12-4-3-7(8)9(11)10(13)14/h3-6,9H,11H2,1-2H3,(H,13,14). The summed E-state index contributed by atoms with van der Waals surface area (Å²) in [5, 5.41) is 8.79. The van der Waals surface area contributed by atoms with Gasteiger partial charge in [-0.05, 0) is 19.9 Å². The zero-order chi connectivity index (χ0) is 11.4. The molecule has 5 nitrogen and oxygen atoms in total. The van der Waals surface area contributed by atoms with Gasteiger partial charge in [0.15, 0.2) is 0 Å². The fraction of sp³-hybridized carbons (Fsp3) is 0.400. The van der Waals surface area contributed by atoms with E-state index in [2.05, 4.69) is 4.98 Å². The van der Waals surface area contributed by atoms with Crippen molar-refractivity contribution < 1.29 is 14.6 Å². The summed E-state index contributed by atoms with van der Waals surface area (Å²) in [5.74, 6) is -0.669. The van der Waals surface area contributed by atoms with Crippen LogP contribution in [0.1, 0.15) is 25.5 Å². The Bertz CT molecular complexity index is 352. The maximum absolute atomic E-state index is 10.7. The van der Waals surface area contributed by atoms with E-state index in [0.717, 1.165) is 0 Å². The van der Waals surface area contributed by atoms with Crippen molar-refractivity contribution in [3.8, 4) is 5.75 Å². The lowest BCUT2D eigenvalue weighted by Gasteiger charge is -2.15. The van der Waals surface area contributed by atoms with Crippen molar-refractivity contribution in [1.29, 1.82) is 0 Å². The van der Waals surface area contributed by atoms with Gasteiger partial charge in [-0.2, -0.15) is 0 Å². The van der Waals surface area contributed by atoms with Gasteiger partial charge in [-0.25, -0.2) is 0 Å². The van der Waals surface area contributed by atoms with Crippen LogP contribution in [0.2, 0.25) is 0 Å². The first-order valence-electron chi connectivity index (χ1n) is 4.61. The third kappa shape index (κ3) is 2.92. The van der Waals surface area contributed by atoms with Gasteiger partial charge >= 0.3 is 5.97 Å². The van der Waals surface area contributed by atoms with Gasteiger partial charge in [-0.1, -0.05) is 0 Å². The fourth-order valence-electron chi connectivity index (χ4n) is 1.13. The number of rotatable bonds is 4. The predicted molar refractivity (Wildman–Crippen MR) is 54.6 cm³/mol. The second-order valence-electron chi connectivity index (χ2n) is 3.40. The van der Waals surface area contributed by atoms with Crippen LogP contribution in [0.4, 0.5) is 0 Å². The van der Waals surface area contributed by atoms with Gasteiger partial charge in [-0.15, -0.1) is 0 Å². The Hall–Kier alpha value is -1.62. The summed E-state index contributed by atoms with van der Waals surface area (Å²) in [6.07, 6.45) is 2.91. The highest BCUT2D eigenvalue weighted by Gasteiger charge is 2.19. The molecule has 1 atom stereocenters. The van der Waals surface area contributed by atoms with Crippen LogP contribution in [0.3, 0.4) is 0 Å². The number of aliphatic carboxylic acids is 1. The lowest BCUT2D eigenvalue weighted by Crippen LogP contribution is -2.22. The van der Waals surface area contributed by atoms with E-state index < -0.39 is 12.0 Å². The zero-order valence-electron chi connectivity index (χ0n) is 8.68. The lowest BCUT2D eigenvalue weighted by atomic mass is 10.1. The van der Waals surface area contributed by atoms with Crippen molar-refractivity contribution in [2.45, 2.75) is 26.0 Å². The molecule has 82 valence electrons. The summed E-state index contributed by atoms with van der Waals surface area (Å²) >= 11 is 0. The lowest BCUT2D eigenvalue weighted by molar-refractivity contribution is -0.138. The molecule has 0 aliphatic carbocycles. The van der Waals surface area contributed by atoms with Crippen molar-refractivity contribution in [3.63, 3.8) is 0 Å². The van der Waals surface area contributed by atoms with E-state index in [9.17, 15) is 4.79 Å². The van der Waals surface area contributed by atoms with Crippen LogP contribution in [-0.2, 0) is 4.79 Å². The van der Waals surface area contributed by atoms with Gasteiger partial charge in [0.05, 0.1) is 12.3 Å². The Morgan fingerprint density at radius 3 is 2.80 bits per heavy atom. The molecule has 3 N–H and O–H groups in total. The molecule has 5 heteroatoms. The summed E-state index contributed by atoms with van der Waals surface area (Å²) in [4.78, 5) is 14.6. The monoisotopic (exact) mass is 210 g/mol. The molecule has 1 aromatic heterocycles. The normalized spacial score (nSPS) is 12.5.